The Morgan fingerprint density at radius 1 is 1.12 bits per heavy atom. The van der Waals surface area contributed by atoms with E-state index in [1.165, 1.54) is 11.1 Å². The molecule has 2 atom stereocenters. The van der Waals surface area contributed by atoms with Crippen LogP contribution < -0.4 is 0 Å². The van der Waals surface area contributed by atoms with Gasteiger partial charge >= 0.3 is 5.97 Å². The summed E-state index contributed by atoms with van der Waals surface area (Å²) in [6.45, 7) is 1.04. The van der Waals surface area contributed by atoms with Crippen molar-refractivity contribution in [3.8, 4) is 0 Å². The summed E-state index contributed by atoms with van der Waals surface area (Å²) in [7, 11) is 4.23. The van der Waals surface area contributed by atoms with E-state index in [-0.39, 0.29) is 12.4 Å². The van der Waals surface area contributed by atoms with E-state index in [2.05, 4.69) is 43.3 Å². The van der Waals surface area contributed by atoms with Crippen LogP contribution in [0, 0.1) is 5.92 Å². The van der Waals surface area contributed by atoms with E-state index in [9.17, 15) is 9.90 Å². The zero-order valence-corrected chi connectivity index (χ0v) is 15.6. The van der Waals surface area contributed by atoms with Gasteiger partial charge in [0.25, 0.3) is 0 Å². The molecule has 0 saturated heterocycles. The molecule has 0 heterocycles. The highest BCUT2D eigenvalue weighted by atomic mass is 35.5. The van der Waals surface area contributed by atoms with Crippen LogP contribution in [0.15, 0.2) is 48.5 Å². The molecule has 0 bridgehead atoms. The van der Waals surface area contributed by atoms with Gasteiger partial charge in [0.1, 0.15) is 0 Å². The van der Waals surface area contributed by atoms with Crippen LogP contribution in [0.5, 0.6) is 0 Å². The Balaban J connectivity index is 0.00000225. The molecule has 25 heavy (non-hydrogen) atoms. The number of benzene rings is 2. The predicted molar refractivity (Wildman–Crippen MR) is 104 cm³/mol. The SMILES string of the molecule is CN(C)CC1CCc2ccccc2C1Cc1ccccc1C(=O)O.Cl. The first kappa shape index (κ1) is 19.5. The molecule has 4 heteroatoms. The number of hydrogen-bond donors (Lipinski definition) is 1. The fraction of sp³-hybridized carbons (Fsp3) is 0.381. The van der Waals surface area contributed by atoms with Crippen molar-refractivity contribution in [1.82, 2.24) is 4.90 Å². The van der Waals surface area contributed by atoms with Crippen molar-refractivity contribution >= 4 is 18.4 Å². The first-order chi connectivity index (χ1) is 11.6. The summed E-state index contributed by atoms with van der Waals surface area (Å²) >= 11 is 0. The number of aromatic carboxylic acids is 1. The summed E-state index contributed by atoms with van der Waals surface area (Å²) in [5.41, 5.74) is 4.20. The Bertz CT molecular complexity index is 729. The van der Waals surface area contributed by atoms with Gasteiger partial charge in [-0.1, -0.05) is 42.5 Å². The zero-order chi connectivity index (χ0) is 17.1. The lowest BCUT2D eigenvalue weighted by molar-refractivity contribution is 0.0695. The van der Waals surface area contributed by atoms with Crippen molar-refractivity contribution in [3.05, 3.63) is 70.8 Å². The third-order valence-electron chi connectivity index (χ3n) is 5.10. The minimum absolute atomic E-state index is 0. The molecule has 0 radical (unpaired) electrons. The maximum Gasteiger partial charge on any atom is 0.335 e. The maximum atomic E-state index is 11.6. The van der Waals surface area contributed by atoms with Gasteiger partial charge in [0, 0.05) is 6.54 Å². The molecule has 2 unspecified atom stereocenters. The number of carbonyl (C=O) groups is 1. The van der Waals surface area contributed by atoms with Gasteiger partial charge in [0.15, 0.2) is 0 Å². The summed E-state index contributed by atoms with van der Waals surface area (Å²) in [5.74, 6) is 0.0912. The van der Waals surface area contributed by atoms with E-state index in [1.54, 1.807) is 12.1 Å². The van der Waals surface area contributed by atoms with Gasteiger partial charge in [0.05, 0.1) is 5.56 Å². The van der Waals surface area contributed by atoms with Crippen LogP contribution in [0.4, 0.5) is 0 Å². The second-order valence-corrected chi connectivity index (χ2v) is 7.03. The average molecular weight is 360 g/mol. The van der Waals surface area contributed by atoms with Crippen LogP contribution >= 0.6 is 12.4 Å². The van der Waals surface area contributed by atoms with E-state index in [0.29, 0.717) is 17.4 Å². The smallest absolute Gasteiger partial charge is 0.335 e. The molecule has 0 fully saturated rings. The van der Waals surface area contributed by atoms with Crippen LogP contribution in [0.1, 0.15) is 39.4 Å². The van der Waals surface area contributed by atoms with Gasteiger partial charge < -0.3 is 10.0 Å². The molecule has 134 valence electrons. The topological polar surface area (TPSA) is 40.5 Å². The largest absolute Gasteiger partial charge is 0.478 e. The van der Waals surface area contributed by atoms with Gasteiger partial charge in [-0.2, -0.15) is 0 Å². The predicted octanol–water partition coefficient (Wildman–Crippen LogP) is 4.26. The van der Waals surface area contributed by atoms with Crippen LogP contribution in [0.2, 0.25) is 0 Å². The lowest BCUT2D eigenvalue weighted by atomic mass is 9.72. The molecule has 0 saturated carbocycles. The lowest BCUT2D eigenvalue weighted by Gasteiger charge is -2.35. The third kappa shape index (κ3) is 4.42. The highest BCUT2D eigenvalue weighted by molar-refractivity contribution is 5.89. The fourth-order valence-corrected chi connectivity index (χ4v) is 4.03. The van der Waals surface area contributed by atoms with E-state index in [1.807, 2.05) is 12.1 Å². The summed E-state index contributed by atoms with van der Waals surface area (Å²) in [6.07, 6.45) is 3.07. The molecule has 0 spiro atoms. The van der Waals surface area contributed by atoms with Crippen molar-refractivity contribution in [2.75, 3.05) is 20.6 Å². The van der Waals surface area contributed by atoms with Gasteiger partial charge in [-0.15, -0.1) is 12.4 Å². The van der Waals surface area contributed by atoms with Crippen LogP contribution in [0.3, 0.4) is 0 Å². The molecule has 1 aliphatic rings. The number of fused-ring (bicyclic) bond motifs is 1. The molecule has 2 aromatic carbocycles. The van der Waals surface area contributed by atoms with Gasteiger partial charge in [0.2, 0.25) is 0 Å². The van der Waals surface area contributed by atoms with E-state index in [0.717, 1.165) is 31.4 Å². The summed E-state index contributed by atoms with van der Waals surface area (Å²) in [6, 6.07) is 16.1. The Hall–Kier alpha value is -1.84. The van der Waals surface area contributed by atoms with E-state index in [4.69, 9.17) is 0 Å². The summed E-state index contributed by atoms with van der Waals surface area (Å²) in [5, 5.41) is 9.49. The standard InChI is InChI=1S/C21H25NO2.ClH/c1-22(2)14-17-12-11-15-7-3-5-9-18(15)20(17)13-16-8-4-6-10-19(16)21(23)24;/h3-10,17,20H,11-14H2,1-2H3,(H,23,24);1H. The fourth-order valence-electron chi connectivity index (χ4n) is 4.03. The van der Waals surface area contributed by atoms with Crippen molar-refractivity contribution in [2.45, 2.75) is 25.2 Å². The number of carboxylic acids is 1. The Morgan fingerprint density at radius 2 is 1.80 bits per heavy atom. The molecule has 0 amide bonds. The molecule has 1 aliphatic carbocycles. The molecular formula is C21H26ClNO2. The monoisotopic (exact) mass is 359 g/mol. The quantitative estimate of drug-likeness (QED) is 0.867. The number of rotatable bonds is 5. The summed E-state index contributed by atoms with van der Waals surface area (Å²) in [4.78, 5) is 13.8. The second kappa shape index (κ2) is 8.50. The third-order valence-corrected chi connectivity index (χ3v) is 5.10. The van der Waals surface area contributed by atoms with Crippen LogP contribution in [-0.2, 0) is 12.8 Å². The molecule has 3 nitrogen and oxygen atoms in total. The number of nitrogens with zero attached hydrogens (tertiary/aromatic N) is 1. The number of halogens is 1. The van der Waals surface area contributed by atoms with Crippen LogP contribution in [0.25, 0.3) is 0 Å². The van der Waals surface area contributed by atoms with Crippen molar-refractivity contribution < 1.29 is 9.90 Å². The Morgan fingerprint density at radius 3 is 2.52 bits per heavy atom. The molecule has 1 N–H and O–H groups in total. The van der Waals surface area contributed by atoms with Gasteiger partial charge in [-0.25, -0.2) is 4.79 Å². The lowest BCUT2D eigenvalue weighted by Crippen LogP contribution is -2.31. The van der Waals surface area contributed by atoms with E-state index < -0.39 is 5.97 Å². The number of hydrogen-bond acceptors (Lipinski definition) is 2. The zero-order valence-electron chi connectivity index (χ0n) is 14.8. The number of carboxylic acid groups (broad SMARTS) is 1. The first-order valence-electron chi connectivity index (χ1n) is 8.60. The van der Waals surface area contributed by atoms with Crippen molar-refractivity contribution in [3.63, 3.8) is 0 Å². The second-order valence-electron chi connectivity index (χ2n) is 7.03. The van der Waals surface area contributed by atoms with Crippen molar-refractivity contribution in [2.24, 2.45) is 5.92 Å². The molecule has 3 rings (SSSR count). The normalized spacial score (nSPS) is 19.2. The maximum absolute atomic E-state index is 11.6. The van der Waals surface area contributed by atoms with Crippen LogP contribution in [-0.4, -0.2) is 36.6 Å². The number of aryl methyl sites for hydroxylation is 1. The molecule has 0 aliphatic heterocycles. The highest BCUT2D eigenvalue weighted by Crippen LogP contribution is 2.39. The Labute approximate surface area is 156 Å². The van der Waals surface area contributed by atoms with Gasteiger partial charge in [-0.05, 0) is 68.0 Å². The molecule has 2 aromatic rings. The molecular weight excluding hydrogens is 334 g/mol. The minimum atomic E-state index is -0.834. The Kier molecular flexibility index (Phi) is 6.63. The van der Waals surface area contributed by atoms with E-state index >= 15 is 0 Å². The first-order valence-corrected chi connectivity index (χ1v) is 8.60. The average Bonchev–Trinajstić information content (AvgIpc) is 2.57. The minimum Gasteiger partial charge on any atom is -0.478 e. The summed E-state index contributed by atoms with van der Waals surface area (Å²) < 4.78 is 0. The highest BCUT2D eigenvalue weighted by Gasteiger charge is 2.30. The molecule has 0 aromatic heterocycles. The van der Waals surface area contributed by atoms with Gasteiger partial charge in [-0.3, -0.25) is 0 Å². The van der Waals surface area contributed by atoms with Crippen molar-refractivity contribution in [1.29, 1.82) is 0 Å².